The van der Waals surface area contributed by atoms with E-state index in [1.807, 2.05) is 13.8 Å². The molecule has 2 atom stereocenters. The number of carbonyl (C=O) groups excluding carboxylic acids is 1. The number of hydrogen-bond acceptors (Lipinski definition) is 3. The lowest BCUT2D eigenvalue weighted by Gasteiger charge is -2.20. The van der Waals surface area contributed by atoms with Crippen LogP contribution in [0.25, 0.3) is 5.65 Å². The largest absolute Gasteiger partial charge is 0.480 e. The first-order valence-electron chi connectivity index (χ1n) is 7.59. The molecule has 0 aliphatic heterocycles. The standard InChI is InChI=1S/C16H20ClN3O3/c1-4-9(3)13(16(22)23)19-15(21)14-11(5-2)18-12-8-10(17)6-7-20(12)14/h6-9,13H,4-5H2,1-3H3,(H,19,21)(H,22,23). The number of nitrogens with one attached hydrogen (secondary N) is 1. The van der Waals surface area contributed by atoms with Crippen LogP contribution in [0, 0.1) is 5.92 Å². The number of rotatable bonds is 6. The zero-order valence-corrected chi connectivity index (χ0v) is 14.1. The molecule has 23 heavy (non-hydrogen) atoms. The van der Waals surface area contributed by atoms with Crippen LogP contribution in [0.4, 0.5) is 0 Å². The fraction of sp³-hybridized carbons (Fsp3) is 0.438. The van der Waals surface area contributed by atoms with Crippen molar-refractivity contribution in [3.63, 3.8) is 0 Å². The van der Waals surface area contributed by atoms with Crippen LogP contribution < -0.4 is 5.32 Å². The molecule has 2 rings (SSSR count). The van der Waals surface area contributed by atoms with Gasteiger partial charge in [-0.25, -0.2) is 9.78 Å². The van der Waals surface area contributed by atoms with Gasteiger partial charge in [0, 0.05) is 17.3 Å². The number of hydrogen-bond donors (Lipinski definition) is 2. The van der Waals surface area contributed by atoms with Crippen molar-refractivity contribution in [3.05, 3.63) is 34.7 Å². The van der Waals surface area contributed by atoms with E-state index < -0.39 is 17.9 Å². The third-order valence-corrected chi connectivity index (χ3v) is 4.21. The number of carboxylic acids is 1. The highest BCUT2D eigenvalue weighted by atomic mass is 35.5. The number of imidazole rings is 1. The van der Waals surface area contributed by atoms with E-state index in [4.69, 9.17) is 11.6 Å². The molecule has 6 nitrogen and oxygen atoms in total. The smallest absolute Gasteiger partial charge is 0.326 e. The summed E-state index contributed by atoms with van der Waals surface area (Å²) >= 11 is 5.96. The molecule has 2 aromatic heterocycles. The van der Waals surface area contributed by atoms with Crippen LogP contribution >= 0.6 is 11.6 Å². The van der Waals surface area contributed by atoms with E-state index >= 15 is 0 Å². The third kappa shape index (κ3) is 3.47. The van der Waals surface area contributed by atoms with Crippen LogP contribution in [0.5, 0.6) is 0 Å². The Morgan fingerprint density at radius 1 is 1.43 bits per heavy atom. The Kier molecular flexibility index (Phi) is 5.26. The Labute approximate surface area is 139 Å². The second-order valence-corrected chi connectivity index (χ2v) is 5.95. The van der Waals surface area contributed by atoms with Gasteiger partial charge in [-0.2, -0.15) is 0 Å². The Bertz CT molecular complexity index is 741. The van der Waals surface area contributed by atoms with Gasteiger partial charge >= 0.3 is 5.97 Å². The molecule has 0 aliphatic carbocycles. The minimum atomic E-state index is -1.04. The molecule has 0 saturated heterocycles. The minimum absolute atomic E-state index is 0.171. The molecule has 0 saturated carbocycles. The van der Waals surface area contributed by atoms with Crippen LogP contribution in [0.1, 0.15) is 43.4 Å². The summed E-state index contributed by atoms with van der Waals surface area (Å²) in [6.45, 7) is 5.58. The first-order valence-corrected chi connectivity index (χ1v) is 7.96. The highest BCUT2D eigenvalue weighted by Gasteiger charge is 2.28. The maximum atomic E-state index is 12.7. The Hall–Kier alpha value is -2.08. The number of pyridine rings is 1. The van der Waals surface area contributed by atoms with Crippen LogP contribution in [-0.4, -0.2) is 32.4 Å². The van der Waals surface area contributed by atoms with Gasteiger partial charge in [0.05, 0.1) is 5.69 Å². The van der Waals surface area contributed by atoms with Crippen molar-refractivity contribution in [1.29, 1.82) is 0 Å². The SMILES string of the molecule is CCc1nc2cc(Cl)ccn2c1C(=O)NC(C(=O)O)C(C)CC. The maximum absolute atomic E-state index is 12.7. The molecule has 0 aromatic carbocycles. The molecular weight excluding hydrogens is 318 g/mol. The summed E-state index contributed by atoms with van der Waals surface area (Å²) in [5.74, 6) is -1.65. The molecule has 0 radical (unpaired) electrons. The number of halogens is 1. The van der Waals surface area contributed by atoms with Crippen molar-refractivity contribution < 1.29 is 14.7 Å². The van der Waals surface area contributed by atoms with E-state index in [0.717, 1.165) is 0 Å². The van der Waals surface area contributed by atoms with Gasteiger partial charge in [-0.3, -0.25) is 9.20 Å². The van der Waals surface area contributed by atoms with E-state index in [-0.39, 0.29) is 5.92 Å². The molecular formula is C16H20ClN3O3. The average molecular weight is 338 g/mol. The van der Waals surface area contributed by atoms with Gasteiger partial charge in [0.2, 0.25) is 0 Å². The number of aromatic nitrogens is 2. The highest BCUT2D eigenvalue weighted by Crippen LogP contribution is 2.18. The molecule has 2 unspecified atom stereocenters. The monoisotopic (exact) mass is 337 g/mol. The zero-order chi connectivity index (χ0) is 17.1. The summed E-state index contributed by atoms with van der Waals surface area (Å²) in [6.07, 6.45) is 2.88. The second kappa shape index (κ2) is 7.00. The number of aryl methyl sites for hydroxylation is 1. The van der Waals surface area contributed by atoms with E-state index in [2.05, 4.69) is 10.3 Å². The van der Waals surface area contributed by atoms with Gasteiger partial charge in [0.15, 0.2) is 0 Å². The molecule has 7 heteroatoms. The van der Waals surface area contributed by atoms with Gasteiger partial charge in [-0.05, 0) is 18.4 Å². The number of carboxylic acid groups (broad SMARTS) is 1. The third-order valence-electron chi connectivity index (χ3n) is 3.98. The molecule has 0 spiro atoms. The number of fused-ring (bicyclic) bond motifs is 1. The van der Waals surface area contributed by atoms with Gasteiger partial charge < -0.3 is 10.4 Å². The first-order chi connectivity index (χ1) is 10.9. The summed E-state index contributed by atoms with van der Waals surface area (Å²) in [4.78, 5) is 28.5. The number of amides is 1. The quantitative estimate of drug-likeness (QED) is 0.849. The van der Waals surface area contributed by atoms with Crippen LogP contribution in [0.2, 0.25) is 5.02 Å². The maximum Gasteiger partial charge on any atom is 0.326 e. The molecule has 0 bridgehead atoms. The average Bonchev–Trinajstić information content (AvgIpc) is 2.88. The first kappa shape index (κ1) is 17.3. The van der Waals surface area contributed by atoms with Crippen LogP contribution in [0.3, 0.4) is 0 Å². The molecule has 2 N–H and O–H groups in total. The summed E-state index contributed by atoms with van der Waals surface area (Å²) in [5.41, 5.74) is 1.53. The van der Waals surface area contributed by atoms with Gasteiger partial charge in [-0.1, -0.05) is 38.8 Å². The molecule has 2 aromatic rings. The molecule has 0 aliphatic rings. The van der Waals surface area contributed by atoms with E-state index in [1.54, 1.807) is 29.7 Å². The van der Waals surface area contributed by atoms with E-state index in [1.165, 1.54) is 0 Å². The normalized spacial score (nSPS) is 13.7. The lowest BCUT2D eigenvalue weighted by molar-refractivity contribution is -0.140. The predicted molar refractivity (Wildman–Crippen MR) is 87.9 cm³/mol. The molecule has 124 valence electrons. The van der Waals surface area contributed by atoms with Gasteiger partial charge in [0.1, 0.15) is 17.4 Å². The summed E-state index contributed by atoms with van der Waals surface area (Å²) in [6, 6.07) is 2.39. The lowest BCUT2D eigenvalue weighted by Crippen LogP contribution is -2.45. The van der Waals surface area contributed by atoms with Crippen molar-refractivity contribution in [2.24, 2.45) is 5.92 Å². The lowest BCUT2D eigenvalue weighted by atomic mass is 9.99. The molecule has 0 fully saturated rings. The van der Waals surface area contributed by atoms with Crippen molar-refractivity contribution in [3.8, 4) is 0 Å². The second-order valence-electron chi connectivity index (χ2n) is 5.51. The summed E-state index contributed by atoms with van der Waals surface area (Å²) in [7, 11) is 0. The van der Waals surface area contributed by atoms with Crippen LogP contribution in [0.15, 0.2) is 18.3 Å². The molecule has 1 amide bonds. The van der Waals surface area contributed by atoms with E-state index in [9.17, 15) is 14.7 Å². The Balaban J connectivity index is 2.42. The fourth-order valence-corrected chi connectivity index (χ4v) is 2.60. The Morgan fingerprint density at radius 2 is 2.13 bits per heavy atom. The topological polar surface area (TPSA) is 83.7 Å². The zero-order valence-electron chi connectivity index (χ0n) is 13.3. The van der Waals surface area contributed by atoms with Gasteiger partial charge in [-0.15, -0.1) is 0 Å². The Morgan fingerprint density at radius 3 is 2.70 bits per heavy atom. The van der Waals surface area contributed by atoms with E-state index in [0.29, 0.717) is 34.9 Å². The van der Waals surface area contributed by atoms with Crippen molar-refractivity contribution in [1.82, 2.24) is 14.7 Å². The van der Waals surface area contributed by atoms with Gasteiger partial charge in [0.25, 0.3) is 5.91 Å². The van der Waals surface area contributed by atoms with Crippen LogP contribution in [-0.2, 0) is 11.2 Å². The van der Waals surface area contributed by atoms with Crippen molar-refractivity contribution >= 4 is 29.1 Å². The van der Waals surface area contributed by atoms with Crippen molar-refractivity contribution in [2.75, 3.05) is 0 Å². The fourth-order valence-electron chi connectivity index (χ4n) is 2.45. The number of carbonyl (C=O) groups is 2. The number of nitrogens with zero attached hydrogens (tertiary/aromatic N) is 2. The minimum Gasteiger partial charge on any atom is -0.480 e. The highest BCUT2D eigenvalue weighted by molar-refractivity contribution is 6.30. The summed E-state index contributed by atoms with van der Waals surface area (Å²) in [5, 5.41) is 12.5. The molecule has 2 heterocycles. The number of aliphatic carboxylic acids is 1. The van der Waals surface area contributed by atoms with Crippen molar-refractivity contribution in [2.45, 2.75) is 39.7 Å². The summed E-state index contributed by atoms with van der Waals surface area (Å²) < 4.78 is 1.63. The predicted octanol–water partition coefficient (Wildman–Crippen LogP) is 2.78.